The number of methoxy groups -OCH3 is 1. The van der Waals surface area contributed by atoms with Crippen LogP contribution < -0.4 is 9.47 Å². The Bertz CT molecular complexity index is 691. The van der Waals surface area contributed by atoms with E-state index in [0.717, 1.165) is 41.0 Å². The fraction of sp³-hybridized carbons (Fsp3) is 0.316. The minimum Gasteiger partial charge on any atom is -0.493 e. The van der Waals surface area contributed by atoms with E-state index >= 15 is 0 Å². The van der Waals surface area contributed by atoms with E-state index in [1.54, 1.807) is 7.11 Å². The topological polar surface area (TPSA) is 51.0 Å². The Kier molecular flexibility index (Phi) is 4.81. The van der Waals surface area contributed by atoms with Crippen LogP contribution in [0.5, 0.6) is 11.5 Å². The Morgan fingerprint density at radius 2 is 1.83 bits per heavy atom. The lowest BCUT2D eigenvalue weighted by atomic mass is 10.0. The molecule has 1 saturated carbocycles. The van der Waals surface area contributed by atoms with Gasteiger partial charge in [0, 0.05) is 0 Å². The van der Waals surface area contributed by atoms with Gasteiger partial charge in [0.1, 0.15) is 0 Å². The highest BCUT2D eigenvalue weighted by atomic mass is 16.5. The summed E-state index contributed by atoms with van der Waals surface area (Å²) < 4.78 is 11.6. The van der Waals surface area contributed by atoms with E-state index in [9.17, 15) is 0 Å². The van der Waals surface area contributed by atoms with Crippen LogP contribution in [0.25, 0.3) is 11.1 Å². The van der Waals surface area contributed by atoms with Crippen molar-refractivity contribution in [3.63, 3.8) is 0 Å². The zero-order valence-corrected chi connectivity index (χ0v) is 13.2. The predicted molar refractivity (Wildman–Crippen MR) is 90.7 cm³/mol. The molecule has 0 bridgehead atoms. The van der Waals surface area contributed by atoms with E-state index < -0.39 is 0 Å². The molecule has 0 radical (unpaired) electrons. The predicted octanol–water partition coefficient (Wildman–Crippen LogP) is 4.49. The minimum absolute atomic E-state index is 0.284. The molecule has 0 amide bonds. The van der Waals surface area contributed by atoms with Gasteiger partial charge in [-0.1, -0.05) is 29.4 Å². The zero-order chi connectivity index (χ0) is 16.1. The molecule has 0 aromatic heterocycles. The maximum Gasteiger partial charge on any atom is 0.162 e. The molecule has 0 spiro atoms. The average Bonchev–Trinajstić information content (AvgIpc) is 3.08. The van der Waals surface area contributed by atoms with Crippen LogP contribution in [0.3, 0.4) is 0 Å². The van der Waals surface area contributed by atoms with Crippen LogP contribution in [0.4, 0.5) is 0 Å². The second-order valence-electron chi connectivity index (χ2n) is 5.76. The van der Waals surface area contributed by atoms with Gasteiger partial charge in [-0.2, -0.15) is 0 Å². The summed E-state index contributed by atoms with van der Waals surface area (Å²) in [6.45, 7) is 0. The second-order valence-corrected chi connectivity index (χ2v) is 5.76. The molecule has 3 rings (SSSR count). The van der Waals surface area contributed by atoms with Gasteiger partial charge in [0.2, 0.25) is 0 Å². The largest absolute Gasteiger partial charge is 0.493 e. The number of hydrogen-bond donors (Lipinski definition) is 1. The molecule has 2 aromatic carbocycles. The first kappa shape index (κ1) is 15.4. The normalized spacial score (nSPS) is 15.2. The van der Waals surface area contributed by atoms with Gasteiger partial charge in [0.05, 0.1) is 19.4 Å². The molecule has 1 aliphatic carbocycles. The van der Waals surface area contributed by atoms with Crippen molar-refractivity contribution in [1.29, 1.82) is 0 Å². The van der Waals surface area contributed by atoms with Crippen LogP contribution in [-0.2, 0) is 0 Å². The van der Waals surface area contributed by atoms with Crippen molar-refractivity contribution >= 4 is 6.21 Å². The molecule has 4 heteroatoms. The molecule has 0 unspecified atom stereocenters. The Balaban J connectivity index is 1.91. The monoisotopic (exact) mass is 311 g/mol. The smallest absolute Gasteiger partial charge is 0.162 e. The number of oxime groups is 1. The van der Waals surface area contributed by atoms with Gasteiger partial charge >= 0.3 is 0 Å². The van der Waals surface area contributed by atoms with Crippen LogP contribution in [0.1, 0.15) is 31.2 Å². The highest BCUT2D eigenvalue weighted by Crippen LogP contribution is 2.35. The van der Waals surface area contributed by atoms with E-state index in [1.807, 2.05) is 42.5 Å². The summed E-state index contributed by atoms with van der Waals surface area (Å²) in [6.07, 6.45) is 6.38. The van der Waals surface area contributed by atoms with Crippen molar-refractivity contribution in [2.75, 3.05) is 7.11 Å². The van der Waals surface area contributed by atoms with Crippen molar-refractivity contribution < 1.29 is 14.7 Å². The SMILES string of the molecule is COc1ccc(-c2cccc(/C=N/O)c2)cc1OC1CCCC1. The molecule has 1 fully saturated rings. The van der Waals surface area contributed by atoms with Crippen LogP contribution in [0.15, 0.2) is 47.6 Å². The summed E-state index contributed by atoms with van der Waals surface area (Å²) >= 11 is 0. The third kappa shape index (κ3) is 3.65. The number of hydrogen-bond acceptors (Lipinski definition) is 4. The Hall–Kier alpha value is -2.49. The van der Waals surface area contributed by atoms with Crippen LogP contribution in [-0.4, -0.2) is 24.6 Å². The summed E-state index contributed by atoms with van der Waals surface area (Å²) in [7, 11) is 1.66. The minimum atomic E-state index is 0.284. The molecule has 1 aliphatic rings. The van der Waals surface area contributed by atoms with Crippen molar-refractivity contribution in [2.45, 2.75) is 31.8 Å². The second kappa shape index (κ2) is 7.18. The van der Waals surface area contributed by atoms with E-state index in [0.29, 0.717) is 0 Å². The van der Waals surface area contributed by atoms with Crippen molar-refractivity contribution in [3.8, 4) is 22.6 Å². The zero-order valence-electron chi connectivity index (χ0n) is 13.2. The highest BCUT2D eigenvalue weighted by molar-refractivity contribution is 5.82. The van der Waals surface area contributed by atoms with Crippen LogP contribution >= 0.6 is 0 Å². The third-order valence-corrected chi connectivity index (χ3v) is 4.19. The standard InChI is InChI=1S/C19H21NO3/c1-22-18-10-9-16(12-19(18)23-17-7-2-3-8-17)15-6-4-5-14(11-15)13-20-21/h4-6,9-13,17,21H,2-3,7-8H2,1H3/b20-13+. The molecule has 0 heterocycles. The van der Waals surface area contributed by atoms with Crippen molar-refractivity contribution in [1.82, 2.24) is 0 Å². The fourth-order valence-corrected chi connectivity index (χ4v) is 3.00. The van der Waals surface area contributed by atoms with E-state index in [2.05, 4.69) is 5.16 Å². The molecular weight excluding hydrogens is 290 g/mol. The lowest BCUT2D eigenvalue weighted by Gasteiger charge is -2.17. The molecular formula is C19H21NO3. The van der Waals surface area contributed by atoms with Gasteiger partial charge in [0.25, 0.3) is 0 Å². The quantitative estimate of drug-likeness (QED) is 0.503. The first-order chi connectivity index (χ1) is 11.3. The van der Waals surface area contributed by atoms with E-state index in [-0.39, 0.29) is 6.10 Å². The van der Waals surface area contributed by atoms with Crippen LogP contribution in [0.2, 0.25) is 0 Å². The Morgan fingerprint density at radius 1 is 1.04 bits per heavy atom. The highest BCUT2D eigenvalue weighted by Gasteiger charge is 2.18. The maximum absolute atomic E-state index is 8.69. The lowest BCUT2D eigenvalue weighted by molar-refractivity contribution is 0.201. The van der Waals surface area contributed by atoms with Gasteiger partial charge in [-0.25, -0.2) is 0 Å². The third-order valence-electron chi connectivity index (χ3n) is 4.19. The molecule has 120 valence electrons. The molecule has 23 heavy (non-hydrogen) atoms. The summed E-state index contributed by atoms with van der Waals surface area (Å²) in [5.41, 5.74) is 2.94. The van der Waals surface area contributed by atoms with E-state index in [1.165, 1.54) is 19.1 Å². The molecule has 0 aliphatic heterocycles. The first-order valence-corrected chi connectivity index (χ1v) is 7.92. The molecule has 2 aromatic rings. The lowest BCUT2D eigenvalue weighted by Crippen LogP contribution is -2.11. The summed E-state index contributed by atoms with van der Waals surface area (Å²) in [5.74, 6) is 1.55. The van der Waals surface area contributed by atoms with Gasteiger partial charge in [-0.05, 0) is 60.6 Å². The molecule has 0 atom stereocenters. The Labute approximate surface area is 136 Å². The summed E-state index contributed by atoms with van der Waals surface area (Å²) in [4.78, 5) is 0. The van der Waals surface area contributed by atoms with Crippen molar-refractivity contribution in [3.05, 3.63) is 48.0 Å². The molecule has 0 saturated heterocycles. The summed E-state index contributed by atoms with van der Waals surface area (Å²) in [5, 5.41) is 11.8. The maximum atomic E-state index is 8.69. The van der Waals surface area contributed by atoms with Gasteiger partial charge in [0.15, 0.2) is 11.5 Å². The number of benzene rings is 2. The first-order valence-electron chi connectivity index (χ1n) is 7.92. The average molecular weight is 311 g/mol. The fourth-order valence-electron chi connectivity index (χ4n) is 3.00. The van der Waals surface area contributed by atoms with Crippen molar-refractivity contribution in [2.24, 2.45) is 5.16 Å². The van der Waals surface area contributed by atoms with Gasteiger partial charge in [-0.3, -0.25) is 0 Å². The molecule has 1 N–H and O–H groups in total. The number of rotatable bonds is 5. The van der Waals surface area contributed by atoms with Crippen LogP contribution in [0, 0.1) is 0 Å². The molecule has 4 nitrogen and oxygen atoms in total. The number of ether oxygens (including phenoxy) is 2. The Morgan fingerprint density at radius 3 is 2.57 bits per heavy atom. The summed E-state index contributed by atoms with van der Waals surface area (Å²) in [6, 6.07) is 13.8. The number of nitrogens with zero attached hydrogens (tertiary/aromatic N) is 1. The van der Waals surface area contributed by atoms with Gasteiger partial charge < -0.3 is 14.7 Å². The van der Waals surface area contributed by atoms with Gasteiger partial charge in [-0.15, -0.1) is 0 Å². The van der Waals surface area contributed by atoms with E-state index in [4.69, 9.17) is 14.7 Å².